The Morgan fingerprint density at radius 1 is 1.45 bits per heavy atom. The smallest absolute Gasteiger partial charge is 0.269 e. The van der Waals surface area contributed by atoms with Gasteiger partial charge in [-0.3, -0.25) is 14.5 Å². The number of nitrogens with one attached hydrogen (secondary N) is 1. The summed E-state index contributed by atoms with van der Waals surface area (Å²) >= 11 is 4.83. The van der Waals surface area contributed by atoms with Crippen LogP contribution in [0.3, 0.4) is 0 Å². The minimum absolute atomic E-state index is 0.226. The van der Waals surface area contributed by atoms with Crippen LogP contribution >= 0.6 is 12.2 Å². The van der Waals surface area contributed by atoms with Gasteiger partial charge < -0.3 is 11.1 Å². The van der Waals surface area contributed by atoms with Crippen molar-refractivity contribution in [3.63, 3.8) is 0 Å². The maximum absolute atomic E-state index is 11.9. The summed E-state index contributed by atoms with van der Waals surface area (Å²) in [6.45, 7) is 0.509. The van der Waals surface area contributed by atoms with Crippen LogP contribution in [0.5, 0.6) is 0 Å². The van der Waals surface area contributed by atoms with Gasteiger partial charge in [-0.2, -0.15) is 5.10 Å². The molecule has 0 aromatic carbocycles. The zero-order chi connectivity index (χ0) is 14.5. The van der Waals surface area contributed by atoms with Crippen LogP contribution in [0.2, 0.25) is 0 Å². The number of hydrogen-bond acceptors (Lipinski definition) is 4. The molecule has 3 N–H and O–H groups in total. The first-order valence-electron chi connectivity index (χ1n) is 6.09. The zero-order valence-corrected chi connectivity index (χ0v) is 11.9. The summed E-state index contributed by atoms with van der Waals surface area (Å²) in [4.78, 5) is 16.2. The second kappa shape index (κ2) is 6.25. The van der Waals surface area contributed by atoms with Crippen molar-refractivity contribution in [3.05, 3.63) is 47.5 Å². The van der Waals surface area contributed by atoms with Crippen LogP contribution in [-0.4, -0.2) is 32.2 Å². The largest absolute Gasteiger partial charge is 0.389 e. The third kappa shape index (κ3) is 3.61. The van der Waals surface area contributed by atoms with Gasteiger partial charge >= 0.3 is 0 Å². The summed E-state index contributed by atoms with van der Waals surface area (Å²) in [5.74, 6) is -0.226. The van der Waals surface area contributed by atoms with Crippen molar-refractivity contribution in [1.82, 2.24) is 20.1 Å². The normalized spacial score (nSPS) is 10.2. The lowest BCUT2D eigenvalue weighted by molar-refractivity contribution is 0.0949. The molecule has 0 saturated heterocycles. The molecule has 0 bridgehead atoms. The predicted molar refractivity (Wildman–Crippen MR) is 79.4 cm³/mol. The third-order valence-electron chi connectivity index (χ3n) is 2.72. The molecule has 20 heavy (non-hydrogen) atoms. The summed E-state index contributed by atoms with van der Waals surface area (Å²) in [5, 5.41) is 7.02. The minimum atomic E-state index is -0.226. The van der Waals surface area contributed by atoms with E-state index >= 15 is 0 Å². The Bertz CT molecular complexity index is 620. The van der Waals surface area contributed by atoms with Gasteiger partial charge in [0, 0.05) is 38.0 Å². The van der Waals surface area contributed by atoms with E-state index in [4.69, 9.17) is 18.0 Å². The van der Waals surface area contributed by atoms with Crippen LogP contribution in [0.4, 0.5) is 0 Å². The van der Waals surface area contributed by atoms with E-state index in [9.17, 15) is 4.79 Å². The van der Waals surface area contributed by atoms with Gasteiger partial charge in [0.05, 0.1) is 5.69 Å². The highest BCUT2D eigenvalue weighted by Gasteiger charge is 2.07. The molecule has 7 heteroatoms. The van der Waals surface area contributed by atoms with E-state index in [1.807, 2.05) is 19.3 Å². The maximum Gasteiger partial charge on any atom is 0.269 e. The van der Waals surface area contributed by atoms with Crippen molar-refractivity contribution in [2.75, 3.05) is 6.54 Å². The molecular formula is C13H15N5OS. The Morgan fingerprint density at radius 2 is 2.25 bits per heavy atom. The fraction of sp³-hybridized carbons (Fsp3) is 0.231. The van der Waals surface area contributed by atoms with Gasteiger partial charge in [0.2, 0.25) is 0 Å². The fourth-order valence-corrected chi connectivity index (χ4v) is 1.79. The molecular weight excluding hydrogens is 274 g/mol. The van der Waals surface area contributed by atoms with Gasteiger partial charge in [-0.05, 0) is 18.2 Å². The molecule has 6 nitrogen and oxygen atoms in total. The van der Waals surface area contributed by atoms with Gasteiger partial charge in [-0.15, -0.1) is 0 Å². The molecule has 0 atom stereocenters. The average Bonchev–Trinajstić information content (AvgIpc) is 2.84. The number of aryl methyl sites for hydroxylation is 1. The Morgan fingerprint density at radius 3 is 2.80 bits per heavy atom. The molecule has 0 fully saturated rings. The number of rotatable bonds is 5. The number of nitrogens with two attached hydrogens (primary N) is 1. The highest BCUT2D eigenvalue weighted by molar-refractivity contribution is 7.80. The molecule has 2 aromatic heterocycles. The van der Waals surface area contributed by atoms with Crippen molar-refractivity contribution >= 4 is 23.1 Å². The summed E-state index contributed by atoms with van der Waals surface area (Å²) in [7, 11) is 1.86. The first-order chi connectivity index (χ1) is 9.56. The van der Waals surface area contributed by atoms with Crippen molar-refractivity contribution in [3.8, 4) is 0 Å². The summed E-state index contributed by atoms with van der Waals surface area (Å²) < 4.78 is 1.73. The van der Waals surface area contributed by atoms with Crippen molar-refractivity contribution in [1.29, 1.82) is 0 Å². The zero-order valence-electron chi connectivity index (χ0n) is 11.0. The monoisotopic (exact) mass is 289 g/mol. The number of carbonyl (C=O) groups is 1. The van der Waals surface area contributed by atoms with E-state index in [-0.39, 0.29) is 10.9 Å². The van der Waals surface area contributed by atoms with Crippen molar-refractivity contribution in [2.45, 2.75) is 6.42 Å². The highest BCUT2D eigenvalue weighted by Crippen LogP contribution is 2.00. The molecule has 1 amide bonds. The van der Waals surface area contributed by atoms with Crippen LogP contribution in [0.1, 0.15) is 21.7 Å². The second-order valence-electron chi connectivity index (χ2n) is 4.28. The number of hydrogen-bond donors (Lipinski definition) is 2. The average molecular weight is 289 g/mol. The van der Waals surface area contributed by atoms with Crippen molar-refractivity contribution < 1.29 is 4.79 Å². The second-order valence-corrected chi connectivity index (χ2v) is 4.72. The number of nitrogens with zero attached hydrogens (tertiary/aromatic N) is 3. The lowest BCUT2D eigenvalue weighted by atomic mass is 10.2. The Labute approximate surface area is 122 Å². The van der Waals surface area contributed by atoms with Crippen LogP contribution < -0.4 is 11.1 Å². The fourth-order valence-electron chi connectivity index (χ4n) is 1.67. The molecule has 104 valence electrons. The molecule has 0 aliphatic heterocycles. The third-order valence-corrected chi connectivity index (χ3v) is 2.95. The van der Waals surface area contributed by atoms with Crippen LogP contribution in [0.25, 0.3) is 0 Å². The van der Waals surface area contributed by atoms with Gasteiger partial charge in [-0.25, -0.2) is 0 Å². The summed E-state index contributed by atoms with van der Waals surface area (Å²) in [6, 6.07) is 5.20. The molecule has 2 rings (SSSR count). The summed E-state index contributed by atoms with van der Waals surface area (Å²) in [6.07, 6.45) is 4.04. The van der Waals surface area contributed by atoms with E-state index in [1.54, 1.807) is 16.8 Å². The standard InChI is InChI=1S/C13H15N5OS/c1-18-7-5-10(17-18)4-6-15-13(19)11-3-2-9(8-16-11)12(14)20/h2-3,5,7-8H,4,6H2,1H3,(H2,14,20)(H,15,19). The SMILES string of the molecule is Cn1ccc(CCNC(=O)c2ccc(C(N)=S)cn2)n1. The Kier molecular flexibility index (Phi) is 4.41. The number of pyridine rings is 1. The number of thiocarbonyl (C=S) groups is 1. The van der Waals surface area contributed by atoms with E-state index in [0.29, 0.717) is 24.2 Å². The predicted octanol–water partition coefficient (Wildman–Crippen LogP) is 0.422. The topological polar surface area (TPSA) is 85.8 Å². The van der Waals surface area contributed by atoms with Gasteiger partial charge in [-0.1, -0.05) is 12.2 Å². The molecule has 0 saturated carbocycles. The lowest BCUT2D eigenvalue weighted by Gasteiger charge is -2.04. The quantitative estimate of drug-likeness (QED) is 0.779. The van der Waals surface area contributed by atoms with E-state index in [0.717, 1.165) is 5.69 Å². The highest BCUT2D eigenvalue weighted by atomic mass is 32.1. The molecule has 2 heterocycles. The van der Waals surface area contributed by atoms with Gasteiger partial charge in [0.25, 0.3) is 5.91 Å². The molecule has 0 aliphatic carbocycles. The van der Waals surface area contributed by atoms with Gasteiger partial charge in [0.15, 0.2) is 0 Å². The van der Waals surface area contributed by atoms with E-state index in [1.165, 1.54) is 6.20 Å². The first kappa shape index (κ1) is 14.1. The summed E-state index contributed by atoms with van der Waals surface area (Å²) in [5.41, 5.74) is 7.39. The number of carbonyl (C=O) groups excluding carboxylic acids is 1. The van der Waals surface area contributed by atoms with Gasteiger partial charge in [0.1, 0.15) is 10.7 Å². The Hall–Kier alpha value is -2.28. The van der Waals surface area contributed by atoms with Crippen LogP contribution in [0.15, 0.2) is 30.6 Å². The molecule has 0 unspecified atom stereocenters. The minimum Gasteiger partial charge on any atom is -0.389 e. The molecule has 0 spiro atoms. The molecule has 2 aromatic rings. The molecule has 0 radical (unpaired) electrons. The lowest BCUT2D eigenvalue weighted by Crippen LogP contribution is -2.26. The first-order valence-corrected chi connectivity index (χ1v) is 6.49. The van der Waals surface area contributed by atoms with Crippen LogP contribution in [0, 0.1) is 0 Å². The van der Waals surface area contributed by atoms with Crippen LogP contribution in [-0.2, 0) is 13.5 Å². The number of amides is 1. The Balaban J connectivity index is 1.86. The molecule has 0 aliphatic rings. The van der Waals surface area contributed by atoms with E-state index in [2.05, 4.69) is 15.4 Å². The maximum atomic E-state index is 11.9. The van der Waals surface area contributed by atoms with Crippen molar-refractivity contribution in [2.24, 2.45) is 12.8 Å². The number of aromatic nitrogens is 3. The van der Waals surface area contributed by atoms with E-state index < -0.39 is 0 Å².